The monoisotopic (exact) mass is 333 g/mol. The highest BCUT2D eigenvalue weighted by Gasteiger charge is 2.29. The quantitative estimate of drug-likeness (QED) is 0.871. The lowest BCUT2D eigenvalue weighted by molar-refractivity contribution is 0.195. The fourth-order valence-electron chi connectivity index (χ4n) is 2.80. The highest BCUT2D eigenvalue weighted by atomic mass is 32.2. The number of amides is 2. The van der Waals surface area contributed by atoms with Crippen LogP contribution in [0.1, 0.15) is 26.1 Å². The van der Waals surface area contributed by atoms with Crippen LogP contribution in [-0.4, -0.2) is 55.7 Å². The van der Waals surface area contributed by atoms with Gasteiger partial charge >= 0.3 is 6.03 Å². The van der Waals surface area contributed by atoms with E-state index in [1.807, 2.05) is 45.5 Å². The second-order valence-corrected chi connectivity index (χ2v) is 8.21. The number of aryl methyl sites for hydroxylation is 1. The van der Waals surface area contributed by atoms with Gasteiger partial charge in [-0.15, -0.1) is 10.2 Å². The van der Waals surface area contributed by atoms with E-state index in [0.29, 0.717) is 6.54 Å². The topological polar surface area (TPSA) is 62.5 Å². The maximum atomic E-state index is 12.2. The number of thioether (sulfide) groups is 1. The van der Waals surface area contributed by atoms with E-state index in [4.69, 9.17) is 0 Å². The minimum atomic E-state index is 0.0458. The highest BCUT2D eigenvalue weighted by molar-refractivity contribution is 8.00. The fraction of sp³-hybridized carbons (Fsp3) is 0.562. The zero-order chi connectivity index (χ0) is 16.3. The first-order valence-electron chi connectivity index (χ1n) is 8.00. The van der Waals surface area contributed by atoms with Crippen LogP contribution >= 0.6 is 11.8 Å². The minimum absolute atomic E-state index is 0.0458. The van der Waals surface area contributed by atoms with E-state index >= 15 is 0 Å². The molecule has 6 nitrogen and oxygen atoms in total. The fourth-order valence-corrected chi connectivity index (χ4v) is 3.92. The van der Waals surface area contributed by atoms with Crippen molar-refractivity contribution in [3.05, 3.63) is 30.2 Å². The van der Waals surface area contributed by atoms with Gasteiger partial charge in [0.05, 0.1) is 0 Å². The molecule has 0 atom stereocenters. The van der Waals surface area contributed by atoms with Crippen LogP contribution in [0.3, 0.4) is 0 Å². The third-order valence-electron chi connectivity index (χ3n) is 3.95. The lowest BCUT2D eigenvalue weighted by Crippen LogP contribution is -2.50. The molecule has 2 aromatic rings. The molecule has 0 unspecified atom stereocenters. The Bertz CT molecular complexity index is 684. The van der Waals surface area contributed by atoms with Crippen LogP contribution in [0.15, 0.2) is 24.4 Å². The lowest BCUT2D eigenvalue weighted by Gasteiger charge is -2.37. The molecule has 1 aliphatic rings. The second-order valence-electron chi connectivity index (χ2n) is 6.41. The number of hydrogen-bond donors (Lipinski definition) is 1. The summed E-state index contributed by atoms with van der Waals surface area (Å²) in [7, 11) is 0. The van der Waals surface area contributed by atoms with Crippen molar-refractivity contribution in [2.75, 3.05) is 25.4 Å². The van der Waals surface area contributed by atoms with Crippen molar-refractivity contribution >= 4 is 23.4 Å². The molecule has 0 radical (unpaired) electrons. The van der Waals surface area contributed by atoms with Crippen molar-refractivity contribution < 1.29 is 4.79 Å². The first kappa shape index (κ1) is 16.1. The number of nitrogens with one attached hydrogen (secondary N) is 1. The summed E-state index contributed by atoms with van der Waals surface area (Å²) in [5, 5.41) is 11.4. The summed E-state index contributed by atoms with van der Waals surface area (Å²) in [5.41, 5.74) is 0.861. The Kier molecular flexibility index (Phi) is 4.75. The first-order chi connectivity index (χ1) is 11.1. The van der Waals surface area contributed by atoms with E-state index in [1.54, 1.807) is 0 Å². The van der Waals surface area contributed by atoms with Crippen LogP contribution in [0.5, 0.6) is 0 Å². The Labute approximate surface area is 140 Å². The summed E-state index contributed by atoms with van der Waals surface area (Å²) in [6.45, 7) is 6.67. The summed E-state index contributed by atoms with van der Waals surface area (Å²) in [6.07, 6.45) is 3.62. The first-order valence-corrected chi connectivity index (χ1v) is 8.99. The molecule has 2 aromatic heterocycles. The normalized spacial score (nSPS) is 17.4. The number of urea groups is 1. The van der Waals surface area contributed by atoms with E-state index in [2.05, 4.69) is 29.4 Å². The molecule has 23 heavy (non-hydrogen) atoms. The SMILES string of the molecule is CC1(C)CN(C(=O)NCCCc2nnc3ccccn23)CCS1. The van der Waals surface area contributed by atoms with Crippen molar-refractivity contribution in [3.8, 4) is 0 Å². The summed E-state index contributed by atoms with van der Waals surface area (Å²) in [5.74, 6) is 1.94. The molecule has 1 aliphatic heterocycles. The standard InChI is InChI=1S/C16H23N5OS/c1-16(2)12-20(10-11-23-16)15(22)17-8-5-7-14-19-18-13-6-3-4-9-21(13)14/h3-4,6,9H,5,7-8,10-12H2,1-2H3,(H,17,22). The molecule has 1 N–H and O–H groups in total. The number of carbonyl (C=O) groups excluding carboxylic acids is 1. The average Bonchev–Trinajstić information content (AvgIpc) is 2.94. The number of fused-ring (bicyclic) bond motifs is 1. The van der Waals surface area contributed by atoms with Crippen LogP contribution in [0, 0.1) is 0 Å². The molecule has 3 rings (SSSR count). The molecule has 1 saturated heterocycles. The third kappa shape index (κ3) is 3.96. The van der Waals surface area contributed by atoms with Gasteiger partial charge in [-0.25, -0.2) is 4.79 Å². The molecular formula is C16H23N5OS. The van der Waals surface area contributed by atoms with E-state index < -0.39 is 0 Å². The summed E-state index contributed by atoms with van der Waals surface area (Å²) in [6, 6.07) is 5.91. The molecular weight excluding hydrogens is 310 g/mol. The van der Waals surface area contributed by atoms with Crippen LogP contribution in [0.2, 0.25) is 0 Å². The maximum Gasteiger partial charge on any atom is 0.317 e. The maximum absolute atomic E-state index is 12.2. The van der Waals surface area contributed by atoms with Gasteiger partial charge in [-0.2, -0.15) is 11.8 Å². The van der Waals surface area contributed by atoms with Crippen LogP contribution in [-0.2, 0) is 6.42 Å². The molecule has 124 valence electrons. The van der Waals surface area contributed by atoms with Gasteiger partial charge in [0.15, 0.2) is 5.65 Å². The Morgan fingerprint density at radius 2 is 2.26 bits per heavy atom. The largest absolute Gasteiger partial charge is 0.338 e. The zero-order valence-electron chi connectivity index (χ0n) is 13.7. The van der Waals surface area contributed by atoms with E-state index in [1.165, 1.54) is 0 Å². The number of hydrogen-bond acceptors (Lipinski definition) is 4. The van der Waals surface area contributed by atoms with Gasteiger partial charge in [0.25, 0.3) is 0 Å². The molecule has 3 heterocycles. The van der Waals surface area contributed by atoms with Gasteiger partial charge in [-0.05, 0) is 32.4 Å². The zero-order valence-corrected chi connectivity index (χ0v) is 14.5. The Balaban J connectivity index is 1.45. The molecule has 7 heteroatoms. The van der Waals surface area contributed by atoms with Crippen molar-refractivity contribution in [1.82, 2.24) is 24.8 Å². The van der Waals surface area contributed by atoms with Crippen LogP contribution in [0.4, 0.5) is 4.79 Å². The number of rotatable bonds is 4. The molecule has 0 saturated carbocycles. The summed E-state index contributed by atoms with van der Waals surface area (Å²) < 4.78 is 2.14. The molecule has 0 spiro atoms. The van der Waals surface area contributed by atoms with Gasteiger partial charge < -0.3 is 10.2 Å². The van der Waals surface area contributed by atoms with Gasteiger partial charge in [-0.1, -0.05) is 6.07 Å². The van der Waals surface area contributed by atoms with E-state index in [-0.39, 0.29) is 10.8 Å². The average molecular weight is 333 g/mol. The summed E-state index contributed by atoms with van der Waals surface area (Å²) in [4.78, 5) is 14.2. The number of carbonyl (C=O) groups is 1. The van der Waals surface area contributed by atoms with Gasteiger partial charge in [0.1, 0.15) is 5.82 Å². The van der Waals surface area contributed by atoms with Crippen molar-refractivity contribution in [2.24, 2.45) is 0 Å². The predicted octanol–water partition coefficient (Wildman–Crippen LogP) is 2.20. The minimum Gasteiger partial charge on any atom is -0.338 e. The summed E-state index contributed by atoms with van der Waals surface area (Å²) >= 11 is 1.93. The molecule has 1 fully saturated rings. The molecule has 2 amide bonds. The smallest absolute Gasteiger partial charge is 0.317 e. The van der Waals surface area contributed by atoms with Gasteiger partial charge in [0, 0.05) is 42.8 Å². The highest BCUT2D eigenvalue weighted by Crippen LogP contribution is 2.29. The Morgan fingerprint density at radius 3 is 3.09 bits per heavy atom. The van der Waals surface area contributed by atoms with Crippen LogP contribution < -0.4 is 5.32 Å². The predicted molar refractivity (Wildman–Crippen MR) is 92.8 cm³/mol. The van der Waals surface area contributed by atoms with E-state index in [9.17, 15) is 4.79 Å². The number of nitrogens with zero attached hydrogens (tertiary/aromatic N) is 4. The van der Waals surface area contributed by atoms with Crippen molar-refractivity contribution in [3.63, 3.8) is 0 Å². The van der Waals surface area contributed by atoms with Crippen molar-refractivity contribution in [2.45, 2.75) is 31.4 Å². The van der Waals surface area contributed by atoms with Crippen LogP contribution in [0.25, 0.3) is 5.65 Å². The third-order valence-corrected chi connectivity index (χ3v) is 5.25. The van der Waals surface area contributed by atoms with Gasteiger partial charge in [0.2, 0.25) is 0 Å². The van der Waals surface area contributed by atoms with E-state index in [0.717, 1.165) is 43.2 Å². The Hall–Kier alpha value is -1.76. The number of pyridine rings is 1. The second kappa shape index (κ2) is 6.78. The molecule has 0 aromatic carbocycles. The molecule has 0 bridgehead atoms. The molecule has 0 aliphatic carbocycles. The van der Waals surface area contributed by atoms with Crippen molar-refractivity contribution in [1.29, 1.82) is 0 Å². The Morgan fingerprint density at radius 1 is 1.39 bits per heavy atom. The lowest BCUT2D eigenvalue weighted by atomic mass is 10.2. The van der Waals surface area contributed by atoms with Gasteiger partial charge in [-0.3, -0.25) is 4.40 Å². The number of aromatic nitrogens is 3.